The minimum absolute atomic E-state index is 0.0158. The van der Waals surface area contributed by atoms with Crippen molar-refractivity contribution >= 4 is 27.5 Å². The average molecular weight is 266 g/mol. The number of aromatic nitrogens is 2. The summed E-state index contributed by atoms with van der Waals surface area (Å²) in [5.41, 5.74) is 0.885. The summed E-state index contributed by atoms with van der Waals surface area (Å²) in [6, 6.07) is 5.11. The number of fused-ring (bicyclic) bond motifs is 1. The van der Waals surface area contributed by atoms with Crippen molar-refractivity contribution in [3.05, 3.63) is 34.2 Å². The maximum absolute atomic E-state index is 10.9. The molecule has 0 amide bonds. The lowest BCUT2D eigenvalue weighted by atomic mass is 10.3. The fraction of sp³-hybridized carbons (Fsp3) is 0. The number of hydrogen-bond acceptors (Lipinski definition) is 3. The Morgan fingerprint density at radius 3 is 2.93 bits per heavy atom. The largest absolute Gasteiger partial charge is 0.476 e. The molecule has 2 aromatic rings. The molecule has 0 spiro atoms. The van der Waals surface area contributed by atoms with Crippen LogP contribution in [0.3, 0.4) is 0 Å². The van der Waals surface area contributed by atoms with E-state index in [1.54, 1.807) is 12.1 Å². The van der Waals surface area contributed by atoms with Crippen LogP contribution in [0.2, 0.25) is 0 Å². The molecule has 6 heteroatoms. The summed E-state index contributed by atoms with van der Waals surface area (Å²) < 4.78 is 1.62. The van der Waals surface area contributed by atoms with Gasteiger partial charge >= 0.3 is 5.97 Å². The van der Waals surface area contributed by atoms with Crippen LogP contribution >= 0.6 is 15.9 Å². The van der Waals surface area contributed by atoms with Gasteiger partial charge in [-0.1, -0.05) is 0 Å². The highest BCUT2D eigenvalue weighted by Gasteiger charge is 2.16. The van der Waals surface area contributed by atoms with E-state index in [9.17, 15) is 4.79 Å². The zero-order chi connectivity index (χ0) is 11.0. The Hall–Kier alpha value is -1.87. The van der Waals surface area contributed by atoms with Crippen molar-refractivity contribution in [2.45, 2.75) is 0 Å². The number of nitriles is 1. The van der Waals surface area contributed by atoms with Crippen LogP contribution in [0.5, 0.6) is 0 Å². The predicted molar refractivity (Wildman–Crippen MR) is 54.6 cm³/mol. The standard InChI is InChI=1S/C9H4BrN3O2/c10-8-7(9(14)15)13-4-5(3-11)1-2-6(13)12-8/h1-2,4H,(H,14,15). The van der Waals surface area contributed by atoms with E-state index in [-0.39, 0.29) is 10.3 Å². The van der Waals surface area contributed by atoms with Gasteiger partial charge < -0.3 is 5.11 Å². The molecule has 2 aromatic heterocycles. The van der Waals surface area contributed by atoms with Crippen molar-refractivity contribution in [1.29, 1.82) is 5.26 Å². The lowest BCUT2D eigenvalue weighted by Gasteiger charge is -1.96. The van der Waals surface area contributed by atoms with E-state index in [0.717, 1.165) is 0 Å². The molecule has 0 radical (unpaired) electrons. The van der Waals surface area contributed by atoms with Crippen LogP contribution in [-0.4, -0.2) is 20.5 Å². The number of aromatic carboxylic acids is 1. The maximum atomic E-state index is 10.9. The van der Waals surface area contributed by atoms with E-state index >= 15 is 0 Å². The summed E-state index contributed by atoms with van der Waals surface area (Å²) in [4.78, 5) is 14.9. The smallest absolute Gasteiger partial charge is 0.355 e. The van der Waals surface area contributed by atoms with Crippen molar-refractivity contribution in [2.75, 3.05) is 0 Å². The highest BCUT2D eigenvalue weighted by molar-refractivity contribution is 9.10. The quantitative estimate of drug-likeness (QED) is 0.851. The number of carboxylic acid groups (broad SMARTS) is 1. The first-order valence-electron chi connectivity index (χ1n) is 3.94. The van der Waals surface area contributed by atoms with E-state index in [1.165, 1.54) is 10.6 Å². The molecule has 0 unspecified atom stereocenters. The molecule has 2 heterocycles. The Bertz CT molecular complexity index is 597. The highest BCUT2D eigenvalue weighted by atomic mass is 79.9. The molecule has 15 heavy (non-hydrogen) atoms. The van der Waals surface area contributed by atoms with Crippen molar-refractivity contribution in [3.8, 4) is 6.07 Å². The third-order valence-electron chi connectivity index (χ3n) is 1.91. The molecule has 0 atom stereocenters. The van der Waals surface area contributed by atoms with Crippen molar-refractivity contribution in [2.24, 2.45) is 0 Å². The van der Waals surface area contributed by atoms with Crippen LogP contribution in [0.4, 0.5) is 0 Å². The SMILES string of the molecule is N#Cc1ccc2nc(Br)c(C(=O)O)n2c1. The van der Waals surface area contributed by atoms with Gasteiger partial charge in [-0.3, -0.25) is 4.40 Å². The number of rotatable bonds is 1. The van der Waals surface area contributed by atoms with Crippen LogP contribution in [0.25, 0.3) is 5.65 Å². The van der Waals surface area contributed by atoms with Gasteiger partial charge in [0.1, 0.15) is 16.3 Å². The van der Waals surface area contributed by atoms with Crippen LogP contribution in [0.15, 0.2) is 22.9 Å². The van der Waals surface area contributed by atoms with Gasteiger partial charge in [0.25, 0.3) is 0 Å². The Morgan fingerprint density at radius 1 is 1.60 bits per heavy atom. The molecule has 0 bridgehead atoms. The fourth-order valence-corrected chi connectivity index (χ4v) is 1.82. The topological polar surface area (TPSA) is 78.4 Å². The second-order valence-corrected chi connectivity index (χ2v) is 3.57. The minimum Gasteiger partial charge on any atom is -0.476 e. The number of imidazole rings is 1. The molecule has 74 valence electrons. The van der Waals surface area contributed by atoms with Crippen molar-refractivity contribution in [3.63, 3.8) is 0 Å². The third kappa shape index (κ3) is 1.47. The molecule has 0 saturated carbocycles. The number of pyridine rings is 1. The number of carboxylic acids is 1. The minimum atomic E-state index is -1.09. The van der Waals surface area contributed by atoms with Crippen LogP contribution in [0, 0.1) is 11.3 Å². The van der Waals surface area contributed by atoms with Gasteiger partial charge in [0.15, 0.2) is 5.69 Å². The summed E-state index contributed by atoms with van der Waals surface area (Å²) in [6.45, 7) is 0. The fourth-order valence-electron chi connectivity index (χ4n) is 1.27. The molecule has 0 aliphatic rings. The van der Waals surface area contributed by atoms with E-state index < -0.39 is 5.97 Å². The van der Waals surface area contributed by atoms with Crippen molar-refractivity contribution in [1.82, 2.24) is 9.38 Å². The average Bonchev–Trinajstić information content (AvgIpc) is 2.52. The van der Waals surface area contributed by atoms with E-state index in [1.807, 2.05) is 6.07 Å². The Kier molecular flexibility index (Phi) is 2.17. The van der Waals surface area contributed by atoms with E-state index in [0.29, 0.717) is 11.2 Å². The number of nitrogens with zero attached hydrogens (tertiary/aromatic N) is 3. The second kappa shape index (κ2) is 3.37. The second-order valence-electron chi connectivity index (χ2n) is 2.81. The van der Waals surface area contributed by atoms with Gasteiger partial charge in [0.2, 0.25) is 0 Å². The molecule has 1 N–H and O–H groups in total. The summed E-state index contributed by atoms with van der Waals surface area (Å²) >= 11 is 3.06. The molecule has 5 nitrogen and oxygen atoms in total. The summed E-state index contributed by atoms with van der Waals surface area (Å²) in [7, 11) is 0. The zero-order valence-electron chi connectivity index (χ0n) is 7.31. The van der Waals surface area contributed by atoms with Gasteiger partial charge in [0, 0.05) is 6.20 Å². The van der Waals surface area contributed by atoms with Gasteiger partial charge in [-0.25, -0.2) is 9.78 Å². The normalized spacial score (nSPS) is 10.1. The molecule has 0 aliphatic carbocycles. The zero-order valence-corrected chi connectivity index (χ0v) is 8.89. The molecular formula is C9H4BrN3O2. The molecular weight excluding hydrogens is 262 g/mol. The first kappa shape index (κ1) is 9.68. The Labute approximate surface area is 92.7 Å². The Morgan fingerprint density at radius 2 is 2.33 bits per heavy atom. The van der Waals surface area contributed by atoms with Gasteiger partial charge in [-0.05, 0) is 28.1 Å². The lowest BCUT2D eigenvalue weighted by molar-refractivity contribution is 0.0688. The highest BCUT2D eigenvalue weighted by Crippen LogP contribution is 2.18. The third-order valence-corrected chi connectivity index (χ3v) is 2.46. The molecule has 0 fully saturated rings. The molecule has 0 saturated heterocycles. The Balaban J connectivity index is 2.85. The molecule has 0 aromatic carbocycles. The van der Waals surface area contributed by atoms with Gasteiger partial charge in [-0.2, -0.15) is 5.26 Å². The van der Waals surface area contributed by atoms with E-state index in [4.69, 9.17) is 10.4 Å². The summed E-state index contributed by atoms with van der Waals surface area (Å²) in [5.74, 6) is -1.09. The summed E-state index contributed by atoms with van der Waals surface area (Å²) in [6.07, 6.45) is 1.44. The van der Waals surface area contributed by atoms with Crippen LogP contribution < -0.4 is 0 Å². The van der Waals surface area contributed by atoms with Gasteiger partial charge in [-0.15, -0.1) is 0 Å². The predicted octanol–water partition coefficient (Wildman–Crippen LogP) is 1.67. The number of hydrogen-bond donors (Lipinski definition) is 1. The molecule has 0 aliphatic heterocycles. The number of halogens is 1. The van der Waals surface area contributed by atoms with Gasteiger partial charge in [0.05, 0.1) is 5.56 Å². The van der Waals surface area contributed by atoms with Crippen LogP contribution in [-0.2, 0) is 0 Å². The summed E-state index contributed by atoms with van der Waals surface area (Å²) in [5, 5.41) is 17.6. The van der Waals surface area contributed by atoms with Crippen LogP contribution in [0.1, 0.15) is 16.1 Å². The lowest BCUT2D eigenvalue weighted by Crippen LogP contribution is -2.02. The number of carbonyl (C=O) groups is 1. The first-order chi connectivity index (χ1) is 7.13. The maximum Gasteiger partial charge on any atom is 0.355 e. The van der Waals surface area contributed by atoms with Crippen molar-refractivity contribution < 1.29 is 9.90 Å². The van der Waals surface area contributed by atoms with E-state index in [2.05, 4.69) is 20.9 Å². The monoisotopic (exact) mass is 265 g/mol. The first-order valence-corrected chi connectivity index (χ1v) is 4.74. The molecule has 2 rings (SSSR count).